The van der Waals surface area contributed by atoms with E-state index in [9.17, 15) is 4.79 Å². The van der Waals surface area contributed by atoms with Gasteiger partial charge in [-0.05, 0) is 25.0 Å². The third-order valence-corrected chi connectivity index (χ3v) is 5.25. The van der Waals surface area contributed by atoms with Crippen molar-refractivity contribution in [3.8, 4) is 0 Å². The van der Waals surface area contributed by atoms with Crippen molar-refractivity contribution in [3.63, 3.8) is 0 Å². The normalized spacial score (nSPS) is 12.6. The maximum Gasteiger partial charge on any atom is 0.229 e. The predicted molar refractivity (Wildman–Crippen MR) is 105 cm³/mol. The number of para-hydroxylation sites is 1. The van der Waals surface area contributed by atoms with Crippen molar-refractivity contribution in [1.29, 1.82) is 0 Å². The molecule has 0 amide bonds. The number of fused-ring (bicyclic) bond motifs is 3. The Morgan fingerprint density at radius 2 is 1.88 bits per heavy atom. The average Bonchev–Trinajstić information content (AvgIpc) is 3.11. The van der Waals surface area contributed by atoms with E-state index < -0.39 is 0 Å². The molecule has 0 saturated carbocycles. The van der Waals surface area contributed by atoms with Crippen molar-refractivity contribution < 1.29 is 4.79 Å². The number of aromatic nitrogens is 2. The fourth-order valence-electron chi connectivity index (χ4n) is 3.22. The third-order valence-electron chi connectivity index (χ3n) is 4.28. The van der Waals surface area contributed by atoms with Crippen LogP contribution in [0.25, 0.3) is 21.3 Å². The van der Waals surface area contributed by atoms with Gasteiger partial charge < -0.3 is 5.32 Å². The van der Waals surface area contributed by atoms with Gasteiger partial charge in [-0.2, -0.15) is 0 Å². The zero-order chi connectivity index (χ0) is 17.4. The van der Waals surface area contributed by atoms with E-state index in [1.807, 2.05) is 30.3 Å². The smallest absolute Gasteiger partial charge is 0.229 e. The molecular weight excluding hydrogens is 330 g/mol. The summed E-state index contributed by atoms with van der Waals surface area (Å²) in [5, 5.41) is 5.36. The van der Waals surface area contributed by atoms with Crippen molar-refractivity contribution in [2.75, 3.05) is 5.32 Å². The Morgan fingerprint density at radius 1 is 1.16 bits per heavy atom. The highest BCUT2D eigenvalue weighted by Gasteiger charge is 2.18. The molecule has 5 heteroatoms. The van der Waals surface area contributed by atoms with E-state index in [1.54, 1.807) is 11.5 Å². The van der Waals surface area contributed by atoms with E-state index in [1.165, 1.54) is 16.9 Å². The predicted octanol–water partition coefficient (Wildman–Crippen LogP) is 4.95. The second kappa shape index (κ2) is 6.33. The van der Waals surface area contributed by atoms with Crippen molar-refractivity contribution in [3.05, 3.63) is 60.2 Å². The van der Waals surface area contributed by atoms with Gasteiger partial charge in [0.15, 0.2) is 5.13 Å². The van der Waals surface area contributed by atoms with Crippen LogP contribution in [0.15, 0.2) is 54.6 Å². The molecule has 25 heavy (non-hydrogen) atoms. The number of anilines is 1. The Kier molecular flexibility index (Phi) is 4.01. The van der Waals surface area contributed by atoms with Gasteiger partial charge in [-0.3, -0.25) is 9.36 Å². The Bertz CT molecular complexity index is 1050. The number of benzene rings is 2. The molecule has 0 bridgehead atoms. The van der Waals surface area contributed by atoms with E-state index in [2.05, 4.69) is 36.5 Å². The molecule has 0 aliphatic heterocycles. The maximum atomic E-state index is 12.1. The summed E-state index contributed by atoms with van der Waals surface area (Å²) in [6.07, 6.45) is 0.929. The molecular formula is C20H19N3OS. The third kappa shape index (κ3) is 2.91. The molecule has 4 aromatic rings. The standard InChI is InChI=1S/C20H19N3OS/c1-13(12-15-8-4-3-5-9-15)21-20-22-18-16-10-6-7-11-17(16)23(14(2)24)19(18)25-20/h3-11,13H,12H2,1-2H3,(H,21,22). The van der Waals surface area contributed by atoms with Crippen LogP contribution in [0.1, 0.15) is 24.2 Å². The highest BCUT2D eigenvalue weighted by atomic mass is 32.1. The quantitative estimate of drug-likeness (QED) is 0.567. The summed E-state index contributed by atoms with van der Waals surface area (Å²) in [6.45, 7) is 3.74. The fourth-order valence-corrected chi connectivity index (χ4v) is 4.37. The summed E-state index contributed by atoms with van der Waals surface area (Å²) in [7, 11) is 0. The Balaban J connectivity index is 1.67. The topological polar surface area (TPSA) is 46.9 Å². The van der Waals surface area contributed by atoms with Crippen LogP contribution in [0.3, 0.4) is 0 Å². The number of carbonyl (C=O) groups excluding carboxylic acids is 1. The molecule has 4 rings (SSSR count). The summed E-state index contributed by atoms with van der Waals surface area (Å²) < 4.78 is 1.76. The number of carbonyl (C=O) groups is 1. The first kappa shape index (κ1) is 15.8. The number of rotatable bonds is 4. The number of hydrogen-bond donors (Lipinski definition) is 1. The van der Waals surface area contributed by atoms with Gasteiger partial charge in [0, 0.05) is 18.4 Å². The Morgan fingerprint density at radius 3 is 2.64 bits per heavy atom. The first-order valence-corrected chi connectivity index (χ1v) is 9.16. The van der Waals surface area contributed by atoms with Crippen LogP contribution in [-0.4, -0.2) is 21.5 Å². The number of nitrogens with one attached hydrogen (secondary N) is 1. The van der Waals surface area contributed by atoms with Gasteiger partial charge in [-0.15, -0.1) is 0 Å². The lowest BCUT2D eigenvalue weighted by Gasteiger charge is -2.12. The molecule has 0 aliphatic rings. The molecule has 1 unspecified atom stereocenters. The second-order valence-corrected chi connectivity index (χ2v) is 7.26. The molecule has 126 valence electrons. The minimum Gasteiger partial charge on any atom is -0.359 e. The summed E-state index contributed by atoms with van der Waals surface area (Å²) >= 11 is 1.54. The van der Waals surface area contributed by atoms with Crippen LogP contribution < -0.4 is 5.32 Å². The minimum absolute atomic E-state index is 0.0127. The molecule has 0 radical (unpaired) electrons. The van der Waals surface area contributed by atoms with E-state index in [0.717, 1.165) is 32.8 Å². The van der Waals surface area contributed by atoms with Gasteiger partial charge in [-0.1, -0.05) is 59.9 Å². The van der Waals surface area contributed by atoms with Crippen LogP contribution in [0.4, 0.5) is 5.13 Å². The highest BCUT2D eigenvalue weighted by Crippen LogP contribution is 2.35. The molecule has 2 heterocycles. The second-order valence-electron chi connectivity index (χ2n) is 6.28. The zero-order valence-electron chi connectivity index (χ0n) is 14.2. The van der Waals surface area contributed by atoms with Gasteiger partial charge in [0.2, 0.25) is 5.91 Å². The molecule has 4 nitrogen and oxygen atoms in total. The molecule has 0 saturated heterocycles. The first-order chi connectivity index (χ1) is 12.1. The molecule has 1 N–H and O–H groups in total. The first-order valence-electron chi connectivity index (χ1n) is 8.35. The summed E-state index contributed by atoms with van der Waals surface area (Å²) in [5.41, 5.74) is 3.11. The van der Waals surface area contributed by atoms with Crippen molar-refractivity contribution in [2.45, 2.75) is 26.3 Å². The molecule has 2 aromatic heterocycles. The highest BCUT2D eigenvalue weighted by molar-refractivity contribution is 7.22. The van der Waals surface area contributed by atoms with Gasteiger partial charge in [0.1, 0.15) is 10.3 Å². The largest absolute Gasteiger partial charge is 0.359 e. The lowest BCUT2D eigenvalue weighted by Crippen LogP contribution is -2.17. The van der Waals surface area contributed by atoms with Crippen molar-refractivity contribution in [1.82, 2.24) is 9.55 Å². The lowest BCUT2D eigenvalue weighted by molar-refractivity contribution is 0.0947. The number of hydrogen-bond acceptors (Lipinski definition) is 4. The summed E-state index contributed by atoms with van der Waals surface area (Å²) in [6, 6.07) is 18.6. The summed E-state index contributed by atoms with van der Waals surface area (Å²) in [4.78, 5) is 17.8. The van der Waals surface area contributed by atoms with Crippen LogP contribution >= 0.6 is 11.3 Å². The van der Waals surface area contributed by atoms with Crippen LogP contribution in [0.2, 0.25) is 0 Å². The SMILES string of the molecule is CC(=O)n1c2ccccc2c2nc(NC(C)Cc3ccccc3)sc21. The molecule has 0 spiro atoms. The monoisotopic (exact) mass is 349 g/mol. The fraction of sp³-hybridized carbons (Fsp3) is 0.200. The lowest BCUT2D eigenvalue weighted by atomic mass is 10.1. The van der Waals surface area contributed by atoms with Gasteiger partial charge in [0.25, 0.3) is 0 Å². The minimum atomic E-state index is 0.0127. The van der Waals surface area contributed by atoms with Crippen LogP contribution in [0, 0.1) is 0 Å². The van der Waals surface area contributed by atoms with Gasteiger partial charge >= 0.3 is 0 Å². The Labute approximate surface area is 150 Å². The van der Waals surface area contributed by atoms with E-state index in [4.69, 9.17) is 4.98 Å². The van der Waals surface area contributed by atoms with Crippen molar-refractivity contribution >= 4 is 43.6 Å². The number of nitrogens with zero attached hydrogens (tertiary/aromatic N) is 2. The zero-order valence-corrected chi connectivity index (χ0v) is 15.0. The molecule has 0 fully saturated rings. The van der Waals surface area contributed by atoms with Gasteiger partial charge in [-0.25, -0.2) is 4.98 Å². The Hall–Kier alpha value is -2.66. The van der Waals surface area contributed by atoms with Gasteiger partial charge in [0.05, 0.1) is 5.52 Å². The maximum absolute atomic E-state index is 12.1. The van der Waals surface area contributed by atoms with E-state index in [0.29, 0.717) is 0 Å². The van der Waals surface area contributed by atoms with Crippen LogP contribution in [-0.2, 0) is 6.42 Å². The van der Waals surface area contributed by atoms with E-state index >= 15 is 0 Å². The summed E-state index contributed by atoms with van der Waals surface area (Å²) in [5.74, 6) is 0.0127. The molecule has 0 aliphatic carbocycles. The molecule has 2 aromatic carbocycles. The van der Waals surface area contributed by atoms with E-state index in [-0.39, 0.29) is 11.9 Å². The van der Waals surface area contributed by atoms with Crippen molar-refractivity contribution in [2.24, 2.45) is 0 Å². The number of thiazole rings is 1. The average molecular weight is 349 g/mol. The molecule has 1 atom stereocenters. The van der Waals surface area contributed by atoms with Crippen LogP contribution in [0.5, 0.6) is 0 Å².